The second-order valence-electron chi connectivity index (χ2n) is 4.79. The van der Waals surface area contributed by atoms with Crippen LogP contribution in [0.25, 0.3) is 10.8 Å². The van der Waals surface area contributed by atoms with Gasteiger partial charge in [0.1, 0.15) is 24.7 Å². The first-order valence-electron chi connectivity index (χ1n) is 7.03. The molecule has 0 heterocycles. The van der Waals surface area contributed by atoms with E-state index in [1.165, 1.54) is 5.56 Å². The van der Waals surface area contributed by atoms with Crippen LogP contribution in [0.4, 0.5) is 0 Å². The number of hydrogen-bond acceptors (Lipinski definition) is 4. The molecule has 0 saturated heterocycles. The van der Waals surface area contributed by atoms with Gasteiger partial charge in [-0.3, -0.25) is 0 Å². The molecule has 4 heteroatoms. The molecule has 114 valence electrons. The van der Waals surface area contributed by atoms with Crippen molar-refractivity contribution in [1.82, 2.24) is 0 Å². The molecule has 0 unspecified atom stereocenters. The molecule has 0 saturated carbocycles. The maximum absolute atomic E-state index is 5.79. The summed E-state index contributed by atoms with van der Waals surface area (Å²) in [6, 6.07) is 10.1. The first-order chi connectivity index (χ1) is 10.3. The van der Waals surface area contributed by atoms with Gasteiger partial charge in [0.15, 0.2) is 0 Å². The Morgan fingerprint density at radius 1 is 0.714 bits per heavy atom. The summed E-state index contributed by atoms with van der Waals surface area (Å²) in [5, 5.41) is 2.10. The third kappa shape index (κ3) is 4.09. The van der Waals surface area contributed by atoms with Crippen molar-refractivity contribution in [3.05, 3.63) is 35.9 Å². The summed E-state index contributed by atoms with van der Waals surface area (Å²) in [5.41, 5.74) is 1.19. The van der Waals surface area contributed by atoms with Gasteiger partial charge in [-0.05, 0) is 25.1 Å². The Hall–Kier alpha value is -1.78. The van der Waals surface area contributed by atoms with Gasteiger partial charge in [0.05, 0.1) is 13.2 Å². The summed E-state index contributed by atoms with van der Waals surface area (Å²) in [5.74, 6) is 1.70. The van der Waals surface area contributed by atoms with Crippen molar-refractivity contribution in [3.63, 3.8) is 0 Å². The molecule has 21 heavy (non-hydrogen) atoms. The number of rotatable bonds is 8. The van der Waals surface area contributed by atoms with Crippen molar-refractivity contribution in [2.24, 2.45) is 0 Å². The number of hydrogen-bond donors (Lipinski definition) is 0. The van der Waals surface area contributed by atoms with Crippen LogP contribution < -0.4 is 9.47 Å². The summed E-state index contributed by atoms with van der Waals surface area (Å²) in [7, 11) is 3.33. The third-order valence-electron chi connectivity index (χ3n) is 3.18. The molecule has 0 spiro atoms. The van der Waals surface area contributed by atoms with Gasteiger partial charge in [0, 0.05) is 25.0 Å². The normalized spacial score (nSPS) is 10.8. The lowest BCUT2D eigenvalue weighted by Crippen LogP contribution is -2.06. The van der Waals surface area contributed by atoms with Crippen molar-refractivity contribution in [2.45, 2.75) is 6.92 Å². The molecule has 0 atom stereocenters. The van der Waals surface area contributed by atoms with Crippen LogP contribution in [0.5, 0.6) is 11.5 Å². The van der Waals surface area contributed by atoms with E-state index in [2.05, 4.69) is 25.1 Å². The lowest BCUT2D eigenvalue weighted by atomic mass is 10.1. The summed E-state index contributed by atoms with van der Waals surface area (Å²) < 4.78 is 21.6. The first kappa shape index (κ1) is 15.6. The molecular formula is C17H22O4. The predicted octanol–water partition coefficient (Wildman–Crippen LogP) is 3.20. The highest BCUT2D eigenvalue weighted by molar-refractivity contribution is 5.93. The molecule has 0 N–H and O–H groups in total. The van der Waals surface area contributed by atoms with Crippen LogP contribution in [0.2, 0.25) is 0 Å². The maximum Gasteiger partial charge on any atom is 0.127 e. The summed E-state index contributed by atoms with van der Waals surface area (Å²) in [6.45, 7) is 4.27. The van der Waals surface area contributed by atoms with E-state index in [1.807, 2.05) is 12.1 Å². The van der Waals surface area contributed by atoms with Gasteiger partial charge >= 0.3 is 0 Å². The van der Waals surface area contributed by atoms with Crippen molar-refractivity contribution in [2.75, 3.05) is 40.6 Å². The van der Waals surface area contributed by atoms with Crippen LogP contribution in [-0.2, 0) is 9.47 Å². The van der Waals surface area contributed by atoms with Crippen molar-refractivity contribution in [3.8, 4) is 11.5 Å². The fourth-order valence-electron chi connectivity index (χ4n) is 2.13. The highest BCUT2D eigenvalue weighted by atomic mass is 16.5. The van der Waals surface area contributed by atoms with Crippen molar-refractivity contribution < 1.29 is 18.9 Å². The SMILES string of the molecule is COCCOc1ccc(OCCOC)c2cc(C)ccc12. The first-order valence-corrected chi connectivity index (χ1v) is 7.03. The molecule has 4 nitrogen and oxygen atoms in total. The number of ether oxygens (including phenoxy) is 4. The van der Waals surface area contributed by atoms with Crippen LogP contribution in [0.1, 0.15) is 5.56 Å². The van der Waals surface area contributed by atoms with E-state index in [1.54, 1.807) is 14.2 Å². The monoisotopic (exact) mass is 290 g/mol. The minimum atomic E-state index is 0.531. The van der Waals surface area contributed by atoms with Gasteiger partial charge in [0.25, 0.3) is 0 Å². The zero-order valence-corrected chi connectivity index (χ0v) is 12.8. The summed E-state index contributed by atoms with van der Waals surface area (Å²) in [4.78, 5) is 0. The van der Waals surface area contributed by atoms with Crippen molar-refractivity contribution >= 4 is 10.8 Å². The van der Waals surface area contributed by atoms with Gasteiger partial charge in [-0.2, -0.15) is 0 Å². The Bertz CT molecular complexity index is 580. The molecule has 0 radical (unpaired) electrons. The standard InChI is InChI=1S/C17H22O4/c1-13-4-5-14-15(12-13)17(21-11-9-19-3)7-6-16(14)20-10-8-18-2/h4-7,12H,8-11H2,1-3H3. The molecule has 2 rings (SSSR count). The van der Waals surface area contributed by atoms with E-state index in [4.69, 9.17) is 18.9 Å². The third-order valence-corrected chi connectivity index (χ3v) is 3.18. The van der Waals surface area contributed by atoms with E-state index in [0.29, 0.717) is 26.4 Å². The molecule has 2 aromatic carbocycles. The Balaban J connectivity index is 2.29. The predicted molar refractivity (Wildman–Crippen MR) is 83.4 cm³/mol. The van der Waals surface area contributed by atoms with E-state index in [-0.39, 0.29) is 0 Å². The van der Waals surface area contributed by atoms with Crippen LogP contribution in [0.3, 0.4) is 0 Å². The fourth-order valence-corrected chi connectivity index (χ4v) is 2.13. The Morgan fingerprint density at radius 3 is 1.86 bits per heavy atom. The van der Waals surface area contributed by atoms with E-state index in [9.17, 15) is 0 Å². The topological polar surface area (TPSA) is 36.9 Å². The Kier molecular flexibility index (Phi) is 5.84. The smallest absolute Gasteiger partial charge is 0.127 e. The van der Waals surface area contributed by atoms with E-state index < -0.39 is 0 Å². The molecule has 0 aliphatic heterocycles. The zero-order valence-electron chi connectivity index (χ0n) is 12.8. The molecule has 0 bridgehead atoms. The summed E-state index contributed by atoms with van der Waals surface area (Å²) in [6.07, 6.45) is 0. The number of aryl methyl sites for hydroxylation is 1. The molecule has 0 fully saturated rings. The second-order valence-corrected chi connectivity index (χ2v) is 4.79. The molecule has 0 amide bonds. The highest BCUT2D eigenvalue weighted by Gasteiger charge is 2.08. The van der Waals surface area contributed by atoms with Crippen molar-refractivity contribution in [1.29, 1.82) is 0 Å². The largest absolute Gasteiger partial charge is 0.491 e. The average Bonchev–Trinajstić information content (AvgIpc) is 2.49. The second kappa shape index (κ2) is 7.86. The van der Waals surface area contributed by atoms with Gasteiger partial charge in [-0.15, -0.1) is 0 Å². The number of methoxy groups -OCH3 is 2. The molecule has 2 aromatic rings. The van der Waals surface area contributed by atoms with E-state index >= 15 is 0 Å². The Morgan fingerprint density at radius 2 is 1.29 bits per heavy atom. The number of fused-ring (bicyclic) bond motifs is 1. The lowest BCUT2D eigenvalue weighted by molar-refractivity contribution is 0.145. The van der Waals surface area contributed by atoms with Crippen LogP contribution in [-0.4, -0.2) is 40.6 Å². The minimum Gasteiger partial charge on any atom is -0.491 e. The van der Waals surface area contributed by atoms with Gasteiger partial charge < -0.3 is 18.9 Å². The Labute approximate surface area is 125 Å². The van der Waals surface area contributed by atoms with Crippen LogP contribution >= 0.6 is 0 Å². The van der Waals surface area contributed by atoms with E-state index in [0.717, 1.165) is 22.3 Å². The molecule has 0 aliphatic rings. The molecule has 0 aliphatic carbocycles. The van der Waals surface area contributed by atoms with Crippen LogP contribution in [0.15, 0.2) is 30.3 Å². The van der Waals surface area contributed by atoms with Crippen LogP contribution in [0, 0.1) is 6.92 Å². The number of benzene rings is 2. The minimum absolute atomic E-state index is 0.531. The van der Waals surface area contributed by atoms with Gasteiger partial charge in [-0.1, -0.05) is 17.7 Å². The highest BCUT2D eigenvalue weighted by Crippen LogP contribution is 2.34. The van der Waals surface area contributed by atoms with Gasteiger partial charge in [-0.25, -0.2) is 0 Å². The lowest BCUT2D eigenvalue weighted by Gasteiger charge is -2.14. The molecule has 0 aromatic heterocycles. The average molecular weight is 290 g/mol. The zero-order chi connectivity index (χ0) is 15.1. The maximum atomic E-state index is 5.79. The fraction of sp³-hybridized carbons (Fsp3) is 0.412. The summed E-state index contributed by atoms with van der Waals surface area (Å²) >= 11 is 0. The van der Waals surface area contributed by atoms with Gasteiger partial charge in [0.2, 0.25) is 0 Å². The molecular weight excluding hydrogens is 268 g/mol. The quantitative estimate of drug-likeness (QED) is 0.700.